The summed E-state index contributed by atoms with van der Waals surface area (Å²) in [6.07, 6.45) is 2.65. The largest absolute Gasteiger partial charge is 0.479 e. The van der Waals surface area contributed by atoms with Gasteiger partial charge in [0.15, 0.2) is 6.10 Å². The summed E-state index contributed by atoms with van der Waals surface area (Å²) >= 11 is 1.94. The number of carboxylic acids is 1. The van der Waals surface area contributed by atoms with E-state index in [2.05, 4.69) is 0 Å². The molecular weight excluding hydrogens is 200 g/mol. The van der Waals surface area contributed by atoms with Gasteiger partial charge in [0.05, 0.1) is 0 Å². The summed E-state index contributed by atoms with van der Waals surface area (Å²) in [4.78, 5) is 11.0. The first-order valence-corrected chi connectivity index (χ1v) is 6.19. The molecule has 1 aliphatic heterocycles. The molecule has 0 bridgehead atoms. The third-order valence-corrected chi connectivity index (χ3v) is 4.71. The number of carbonyl (C=O) groups is 1. The maximum Gasteiger partial charge on any atom is 0.333 e. The monoisotopic (exact) mass is 216 g/mol. The predicted molar refractivity (Wildman–Crippen MR) is 55.5 cm³/mol. The number of rotatable bonds is 4. The van der Waals surface area contributed by atoms with Crippen molar-refractivity contribution in [3.63, 3.8) is 0 Å². The molecular formula is C10H16O3S. The van der Waals surface area contributed by atoms with Crippen molar-refractivity contribution in [3.05, 3.63) is 0 Å². The van der Waals surface area contributed by atoms with Crippen LogP contribution in [0.25, 0.3) is 0 Å². The third-order valence-electron chi connectivity index (χ3n) is 3.55. The number of methoxy groups -OCH3 is 1. The number of aliphatic carboxylic acids is 1. The molecule has 4 heteroatoms. The molecule has 14 heavy (non-hydrogen) atoms. The zero-order valence-electron chi connectivity index (χ0n) is 8.36. The Hall–Kier alpha value is -0.220. The van der Waals surface area contributed by atoms with Crippen LogP contribution in [-0.4, -0.2) is 35.8 Å². The Morgan fingerprint density at radius 1 is 1.64 bits per heavy atom. The van der Waals surface area contributed by atoms with Crippen LogP contribution < -0.4 is 0 Å². The fourth-order valence-corrected chi connectivity index (χ4v) is 4.00. The minimum Gasteiger partial charge on any atom is -0.479 e. The van der Waals surface area contributed by atoms with Crippen molar-refractivity contribution in [2.45, 2.75) is 25.4 Å². The van der Waals surface area contributed by atoms with Crippen LogP contribution in [0.3, 0.4) is 0 Å². The van der Waals surface area contributed by atoms with E-state index >= 15 is 0 Å². The molecule has 80 valence electrons. The van der Waals surface area contributed by atoms with E-state index in [4.69, 9.17) is 9.84 Å². The zero-order chi connectivity index (χ0) is 10.2. The number of thioether (sulfide) groups is 1. The van der Waals surface area contributed by atoms with Crippen LogP contribution in [0.15, 0.2) is 0 Å². The molecule has 3 nitrogen and oxygen atoms in total. The van der Waals surface area contributed by atoms with Gasteiger partial charge in [-0.2, -0.15) is 11.8 Å². The van der Waals surface area contributed by atoms with E-state index < -0.39 is 12.1 Å². The Morgan fingerprint density at radius 3 is 2.71 bits per heavy atom. The van der Waals surface area contributed by atoms with Gasteiger partial charge < -0.3 is 9.84 Å². The highest BCUT2D eigenvalue weighted by Gasteiger charge is 2.58. The number of hydrogen-bond donors (Lipinski definition) is 1. The van der Waals surface area contributed by atoms with Gasteiger partial charge in [0.1, 0.15) is 0 Å². The van der Waals surface area contributed by atoms with Crippen LogP contribution in [0.5, 0.6) is 0 Å². The van der Waals surface area contributed by atoms with Crippen LogP contribution in [0.4, 0.5) is 0 Å². The smallest absolute Gasteiger partial charge is 0.333 e. The molecule has 2 aliphatic rings. The summed E-state index contributed by atoms with van der Waals surface area (Å²) in [5, 5.41) is 9.08. The van der Waals surface area contributed by atoms with Gasteiger partial charge in [-0.1, -0.05) is 0 Å². The second-order valence-corrected chi connectivity index (χ2v) is 5.40. The molecule has 0 amide bonds. The summed E-state index contributed by atoms with van der Waals surface area (Å²) in [6.45, 7) is 0. The molecule has 1 heterocycles. The lowest BCUT2D eigenvalue weighted by atomic mass is 9.83. The normalized spacial score (nSPS) is 31.4. The zero-order valence-corrected chi connectivity index (χ0v) is 9.18. The lowest BCUT2D eigenvalue weighted by Gasteiger charge is -2.27. The molecule has 0 aromatic rings. The predicted octanol–water partition coefficient (Wildman–Crippen LogP) is 1.62. The van der Waals surface area contributed by atoms with Crippen LogP contribution in [0, 0.1) is 11.3 Å². The van der Waals surface area contributed by atoms with Crippen molar-refractivity contribution >= 4 is 17.7 Å². The Kier molecular flexibility index (Phi) is 2.75. The first kappa shape index (κ1) is 10.3. The van der Waals surface area contributed by atoms with Gasteiger partial charge in [0, 0.05) is 12.5 Å². The van der Waals surface area contributed by atoms with E-state index in [0.29, 0.717) is 5.92 Å². The van der Waals surface area contributed by atoms with Gasteiger partial charge in [-0.25, -0.2) is 4.79 Å². The standard InChI is InChI=1S/C10H16O3S/c1-13-8(9(11)12)10(3-4-10)7-2-5-14-6-7/h7-8H,2-6H2,1H3,(H,11,12). The van der Waals surface area contributed by atoms with E-state index in [1.165, 1.54) is 12.9 Å². The van der Waals surface area contributed by atoms with Crippen LogP contribution >= 0.6 is 11.8 Å². The molecule has 1 aliphatic carbocycles. The Bertz CT molecular complexity index is 232. The highest BCUT2D eigenvalue weighted by Crippen LogP contribution is 2.59. The molecule has 1 saturated carbocycles. The number of ether oxygens (including phenoxy) is 1. The van der Waals surface area contributed by atoms with Crippen molar-refractivity contribution in [2.75, 3.05) is 18.6 Å². The third kappa shape index (κ3) is 1.54. The molecule has 1 N–H and O–H groups in total. The summed E-state index contributed by atoms with van der Waals surface area (Å²) in [6, 6.07) is 0. The van der Waals surface area contributed by atoms with Crippen molar-refractivity contribution in [3.8, 4) is 0 Å². The number of carboxylic acid groups (broad SMARTS) is 1. The van der Waals surface area contributed by atoms with Crippen LogP contribution in [0.1, 0.15) is 19.3 Å². The summed E-state index contributed by atoms with van der Waals surface area (Å²) in [7, 11) is 1.51. The Labute approximate surface area is 88.2 Å². The average molecular weight is 216 g/mol. The SMILES string of the molecule is COC(C(=O)O)C1(C2CCSC2)CC1. The second-order valence-electron chi connectivity index (χ2n) is 4.25. The first-order chi connectivity index (χ1) is 6.70. The van der Waals surface area contributed by atoms with Crippen LogP contribution in [-0.2, 0) is 9.53 Å². The van der Waals surface area contributed by atoms with E-state index in [0.717, 1.165) is 25.0 Å². The van der Waals surface area contributed by atoms with E-state index in [9.17, 15) is 4.79 Å². The Morgan fingerprint density at radius 2 is 2.36 bits per heavy atom. The highest BCUT2D eigenvalue weighted by molar-refractivity contribution is 7.99. The second kappa shape index (κ2) is 3.74. The molecule has 0 radical (unpaired) electrons. The molecule has 2 unspecified atom stereocenters. The molecule has 2 rings (SSSR count). The van der Waals surface area contributed by atoms with Gasteiger partial charge in [-0.05, 0) is 36.7 Å². The van der Waals surface area contributed by atoms with Crippen molar-refractivity contribution in [1.29, 1.82) is 0 Å². The minimum atomic E-state index is -0.790. The topological polar surface area (TPSA) is 46.5 Å². The summed E-state index contributed by atoms with van der Waals surface area (Å²) < 4.78 is 5.14. The maximum absolute atomic E-state index is 11.0. The summed E-state index contributed by atoms with van der Waals surface area (Å²) in [5.41, 5.74) is -0.0237. The maximum atomic E-state index is 11.0. The molecule has 2 fully saturated rings. The molecule has 2 atom stereocenters. The summed E-state index contributed by atoms with van der Waals surface area (Å²) in [5.74, 6) is 2.07. The minimum absolute atomic E-state index is 0.0237. The van der Waals surface area contributed by atoms with Gasteiger partial charge >= 0.3 is 5.97 Å². The Balaban J connectivity index is 2.09. The van der Waals surface area contributed by atoms with Crippen molar-refractivity contribution in [1.82, 2.24) is 0 Å². The first-order valence-electron chi connectivity index (χ1n) is 5.04. The molecule has 0 aromatic heterocycles. The fraction of sp³-hybridized carbons (Fsp3) is 0.900. The van der Waals surface area contributed by atoms with Gasteiger partial charge in [-0.3, -0.25) is 0 Å². The number of hydrogen-bond acceptors (Lipinski definition) is 3. The van der Waals surface area contributed by atoms with Crippen molar-refractivity contribution in [2.24, 2.45) is 11.3 Å². The van der Waals surface area contributed by atoms with Crippen LogP contribution in [0.2, 0.25) is 0 Å². The highest BCUT2D eigenvalue weighted by atomic mass is 32.2. The van der Waals surface area contributed by atoms with Gasteiger partial charge in [0.2, 0.25) is 0 Å². The van der Waals surface area contributed by atoms with E-state index in [-0.39, 0.29) is 5.41 Å². The quantitative estimate of drug-likeness (QED) is 0.775. The lowest BCUT2D eigenvalue weighted by molar-refractivity contribution is -0.154. The van der Waals surface area contributed by atoms with Gasteiger partial charge in [0.25, 0.3) is 0 Å². The van der Waals surface area contributed by atoms with E-state index in [1.807, 2.05) is 11.8 Å². The fourth-order valence-electron chi connectivity index (χ4n) is 2.60. The van der Waals surface area contributed by atoms with Gasteiger partial charge in [-0.15, -0.1) is 0 Å². The molecule has 0 aromatic carbocycles. The molecule has 1 saturated heterocycles. The van der Waals surface area contributed by atoms with E-state index in [1.54, 1.807) is 0 Å². The molecule has 0 spiro atoms. The lowest BCUT2D eigenvalue weighted by Crippen LogP contribution is -2.38. The van der Waals surface area contributed by atoms with Crippen molar-refractivity contribution < 1.29 is 14.6 Å². The average Bonchev–Trinajstić information content (AvgIpc) is 2.76.